The molecule has 2 heteroatoms. The lowest BCUT2D eigenvalue weighted by Crippen LogP contribution is -2.25. The Hall–Kier alpha value is -1.93. The van der Waals surface area contributed by atoms with Crippen molar-refractivity contribution in [2.45, 2.75) is 19.3 Å². The molecule has 0 saturated carbocycles. The van der Waals surface area contributed by atoms with E-state index in [9.17, 15) is 4.79 Å². The molecule has 1 aliphatic heterocycles. The Bertz CT molecular complexity index is 589. The van der Waals surface area contributed by atoms with Crippen molar-refractivity contribution >= 4 is 5.78 Å². The van der Waals surface area contributed by atoms with Crippen LogP contribution in [0.15, 0.2) is 54.6 Å². The molecule has 1 N–H and O–H groups in total. The van der Waals surface area contributed by atoms with Gasteiger partial charge in [-0.05, 0) is 42.5 Å². The molecule has 0 amide bonds. The second-order valence-corrected chi connectivity index (χ2v) is 5.75. The van der Waals surface area contributed by atoms with Gasteiger partial charge in [-0.15, -0.1) is 0 Å². The first kappa shape index (κ1) is 14.0. The molecule has 0 aliphatic carbocycles. The van der Waals surface area contributed by atoms with E-state index in [1.807, 2.05) is 6.07 Å². The van der Waals surface area contributed by atoms with Crippen LogP contribution in [-0.2, 0) is 11.2 Å². The minimum absolute atomic E-state index is 0.183. The van der Waals surface area contributed by atoms with E-state index in [1.54, 1.807) is 0 Å². The van der Waals surface area contributed by atoms with Crippen LogP contribution in [0, 0.1) is 5.92 Å². The number of Topliss-reactive ketones (excluding diaryl/α,β-unsaturated/α-hetero) is 1. The summed E-state index contributed by atoms with van der Waals surface area (Å²) in [5.41, 5.74) is 3.72. The fourth-order valence-electron chi connectivity index (χ4n) is 2.95. The van der Waals surface area contributed by atoms with Crippen LogP contribution in [0.3, 0.4) is 0 Å². The van der Waals surface area contributed by atoms with Gasteiger partial charge in [-0.2, -0.15) is 0 Å². The summed E-state index contributed by atoms with van der Waals surface area (Å²) in [6.45, 7) is 1.50. The van der Waals surface area contributed by atoms with Gasteiger partial charge in [-0.3, -0.25) is 4.79 Å². The predicted octanol–water partition coefficient (Wildman–Crippen LogP) is 3.46. The molecule has 1 unspecified atom stereocenters. The highest BCUT2D eigenvalue weighted by Gasteiger charge is 2.20. The molecule has 2 nitrogen and oxygen atoms in total. The quantitative estimate of drug-likeness (QED) is 0.932. The van der Waals surface area contributed by atoms with E-state index in [2.05, 4.69) is 53.8 Å². The lowest BCUT2D eigenvalue weighted by Gasteiger charge is -2.13. The first-order valence-electron chi connectivity index (χ1n) is 7.71. The van der Waals surface area contributed by atoms with E-state index < -0.39 is 0 Å². The first-order chi connectivity index (χ1) is 10.3. The summed E-state index contributed by atoms with van der Waals surface area (Å²) in [7, 11) is 0. The molecule has 21 heavy (non-hydrogen) atoms. The van der Waals surface area contributed by atoms with Crippen molar-refractivity contribution in [3.63, 3.8) is 0 Å². The van der Waals surface area contributed by atoms with Gasteiger partial charge in [0.2, 0.25) is 0 Å². The Kier molecular flexibility index (Phi) is 4.46. The maximum atomic E-state index is 12.0. The summed E-state index contributed by atoms with van der Waals surface area (Å²) in [4.78, 5) is 12.0. The van der Waals surface area contributed by atoms with Gasteiger partial charge in [-0.1, -0.05) is 54.6 Å². The first-order valence-corrected chi connectivity index (χ1v) is 7.71. The zero-order chi connectivity index (χ0) is 14.5. The van der Waals surface area contributed by atoms with Crippen molar-refractivity contribution in [2.75, 3.05) is 13.1 Å². The van der Waals surface area contributed by atoms with E-state index in [4.69, 9.17) is 0 Å². The summed E-state index contributed by atoms with van der Waals surface area (Å²) in [6.07, 6.45) is 2.97. The third kappa shape index (κ3) is 3.59. The topological polar surface area (TPSA) is 29.1 Å². The standard InChI is InChI=1S/C19H21NO/c21-19-14-20-12-4-7-18(19)13-15-8-10-17(11-9-15)16-5-2-1-3-6-16/h1-3,5-6,8-11,18,20H,4,7,12-14H2. The number of carbonyl (C=O) groups excluding carboxylic acids is 1. The van der Waals surface area contributed by atoms with Crippen LogP contribution >= 0.6 is 0 Å². The number of ketones is 1. The van der Waals surface area contributed by atoms with Crippen LogP contribution in [0.25, 0.3) is 11.1 Å². The Balaban J connectivity index is 1.71. The van der Waals surface area contributed by atoms with Gasteiger partial charge in [0, 0.05) is 5.92 Å². The molecule has 1 aliphatic rings. The lowest BCUT2D eigenvalue weighted by atomic mass is 9.91. The zero-order valence-electron chi connectivity index (χ0n) is 12.2. The van der Waals surface area contributed by atoms with Gasteiger partial charge in [0.25, 0.3) is 0 Å². The minimum Gasteiger partial charge on any atom is -0.310 e. The van der Waals surface area contributed by atoms with E-state index in [0.717, 1.165) is 25.8 Å². The predicted molar refractivity (Wildman–Crippen MR) is 86.2 cm³/mol. The monoisotopic (exact) mass is 279 g/mol. The average molecular weight is 279 g/mol. The number of hydrogen-bond donors (Lipinski definition) is 1. The normalized spacial score (nSPS) is 19.2. The Morgan fingerprint density at radius 3 is 2.43 bits per heavy atom. The zero-order valence-corrected chi connectivity index (χ0v) is 12.2. The molecular weight excluding hydrogens is 258 g/mol. The molecule has 3 rings (SSSR count). The second-order valence-electron chi connectivity index (χ2n) is 5.75. The third-order valence-corrected chi connectivity index (χ3v) is 4.20. The maximum absolute atomic E-state index is 12.0. The van der Waals surface area contributed by atoms with Gasteiger partial charge in [0.05, 0.1) is 6.54 Å². The molecule has 1 heterocycles. The number of carbonyl (C=O) groups is 1. The van der Waals surface area contributed by atoms with E-state index >= 15 is 0 Å². The van der Waals surface area contributed by atoms with Crippen molar-refractivity contribution in [1.82, 2.24) is 5.32 Å². The summed E-state index contributed by atoms with van der Waals surface area (Å²) >= 11 is 0. The number of nitrogens with one attached hydrogen (secondary N) is 1. The molecule has 108 valence electrons. The molecule has 0 radical (unpaired) electrons. The summed E-state index contributed by atoms with van der Waals surface area (Å²) in [6, 6.07) is 19.0. The molecule has 1 atom stereocenters. The van der Waals surface area contributed by atoms with Gasteiger partial charge in [0.15, 0.2) is 0 Å². The van der Waals surface area contributed by atoms with Gasteiger partial charge in [0.1, 0.15) is 5.78 Å². The van der Waals surface area contributed by atoms with Crippen LogP contribution in [0.1, 0.15) is 18.4 Å². The van der Waals surface area contributed by atoms with Crippen molar-refractivity contribution in [3.05, 3.63) is 60.2 Å². The van der Waals surface area contributed by atoms with Crippen molar-refractivity contribution in [1.29, 1.82) is 0 Å². The molecule has 2 aromatic rings. The summed E-state index contributed by atoms with van der Waals surface area (Å²) < 4.78 is 0. The molecule has 0 aromatic heterocycles. The Labute approximate surface area is 126 Å². The molecule has 1 saturated heterocycles. The minimum atomic E-state index is 0.183. The van der Waals surface area contributed by atoms with Gasteiger partial charge in [-0.25, -0.2) is 0 Å². The smallest absolute Gasteiger partial charge is 0.150 e. The lowest BCUT2D eigenvalue weighted by molar-refractivity contribution is -0.121. The average Bonchev–Trinajstić information content (AvgIpc) is 2.74. The number of hydrogen-bond acceptors (Lipinski definition) is 2. The molecule has 0 spiro atoms. The molecular formula is C19H21NO. The van der Waals surface area contributed by atoms with E-state index in [-0.39, 0.29) is 5.92 Å². The molecule has 2 aromatic carbocycles. The fourth-order valence-corrected chi connectivity index (χ4v) is 2.95. The second kappa shape index (κ2) is 6.68. The Morgan fingerprint density at radius 1 is 0.952 bits per heavy atom. The summed E-state index contributed by atoms with van der Waals surface area (Å²) in [5.74, 6) is 0.544. The van der Waals surface area contributed by atoms with Crippen molar-refractivity contribution in [2.24, 2.45) is 5.92 Å². The van der Waals surface area contributed by atoms with E-state index in [1.165, 1.54) is 16.7 Å². The van der Waals surface area contributed by atoms with Gasteiger partial charge < -0.3 is 5.32 Å². The molecule has 1 fully saturated rings. The highest BCUT2D eigenvalue weighted by molar-refractivity contribution is 5.83. The van der Waals surface area contributed by atoms with Crippen LogP contribution in [0.4, 0.5) is 0 Å². The van der Waals surface area contributed by atoms with Crippen LogP contribution in [-0.4, -0.2) is 18.9 Å². The van der Waals surface area contributed by atoms with Crippen molar-refractivity contribution in [3.8, 4) is 11.1 Å². The SMILES string of the molecule is O=C1CNCCCC1Cc1ccc(-c2ccccc2)cc1. The maximum Gasteiger partial charge on any atom is 0.150 e. The third-order valence-electron chi connectivity index (χ3n) is 4.20. The number of benzene rings is 2. The highest BCUT2D eigenvalue weighted by atomic mass is 16.1. The van der Waals surface area contributed by atoms with Crippen LogP contribution in [0.5, 0.6) is 0 Å². The number of rotatable bonds is 3. The fraction of sp³-hybridized carbons (Fsp3) is 0.316. The van der Waals surface area contributed by atoms with Gasteiger partial charge >= 0.3 is 0 Å². The highest BCUT2D eigenvalue weighted by Crippen LogP contribution is 2.22. The largest absolute Gasteiger partial charge is 0.310 e. The Morgan fingerprint density at radius 2 is 1.67 bits per heavy atom. The summed E-state index contributed by atoms with van der Waals surface area (Å²) in [5, 5.41) is 3.19. The van der Waals surface area contributed by atoms with Crippen molar-refractivity contribution < 1.29 is 4.79 Å². The van der Waals surface area contributed by atoms with E-state index in [0.29, 0.717) is 12.3 Å². The van der Waals surface area contributed by atoms with Crippen LogP contribution < -0.4 is 5.32 Å². The van der Waals surface area contributed by atoms with Crippen LogP contribution in [0.2, 0.25) is 0 Å². The molecule has 0 bridgehead atoms.